The van der Waals surface area contributed by atoms with Crippen LogP contribution in [-0.2, 0) is 0 Å². The highest BCUT2D eigenvalue weighted by Gasteiger charge is 2.21. The van der Waals surface area contributed by atoms with E-state index in [0.29, 0.717) is 6.54 Å². The van der Waals surface area contributed by atoms with Crippen LogP contribution >= 0.6 is 0 Å². The van der Waals surface area contributed by atoms with Crippen LogP contribution in [-0.4, -0.2) is 122 Å². The maximum atomic E-state index is 9.58. The molecule has 0 unspecified atom stereocenters. The lowest BCUT2D eigenvalue weighted by Crippen LogP contribution is -2.43. The second-order valence-corrected chi connectivity index (χ2v) is 8.19. The van der Waals surface area contributed by atoms with Crippen LogP contribution in [0.5, 0.6) is 0 Å². The number of nitrogens with one attached hydrogen (secondary N) is 1. The van der Waals surface area contributed by atoms with Crippen LogP contribution in [0.2, 0.25) is 0 Å². The second kappa shape index (κ2) is 13.8. The van der Waals surface area contributed by atoms with Crippen molar-refractivity contribution in [3.63, 3.8) is 0 Å². The summed E-state index contributed by atoms with van der Waals surface area (Å²) in [5.74, 6) is 0. The first-order valence-corrected chi connectivity index (χ1v) is 10.2. The van der Waals surface area contributed by atoms with Crippen molar-refractivity contribution < 1.29 is 15.3 Å². The first-order chi connectivity index (χ1) is 12.5. The van der Waals surface area contributed by atoms with Gasteiger partial charge in [-0.05, 0) is 39.0 Å². The molecule has 156 valence electrons. The summed E-state index contributed by atoms with van der Waals surface area (Å²) in [5, 5.41) is 31.7. The fraction of sp³-hybridized carbons (Fsp3) is 1.00. The molecule has 1 aliphatic rings. The standard InChI is InChI=1S/C19H42N4O3/c1-19(2,18-26)17-23-9-4-8-22(14-16-25)12-11-21(13-15-24)7-3-5-20-6-10-23/h20,24-26H,3-18H2,1-2H3. The minimum absolute atomic E-state index is 0.0823. The summed E-state index contributed by atoms with van der Waals surface area (Å²) >= 11 is 0. The van der Waals surface area contributed by atoms with Crippen molar-refractivity contribution in [3.8, 4) is 0 Å². The van der Waals surface area contributed by atoms with E-state index in [2.05, 4.69) is 33.9 Å². The molecule has 0 spiro atoms. The number of nitrogens with zero attached hydrogens (tertiary/aromatic N) is 3. The number of aliphatic hydroxyl groups excluding tert-OH is 3. The Hall–Kier alpha value is -0.280. The van der Waals surface area contributed by atoms with Gasteiger partial charge >= 0.3 is 0 Å². The molecule has 0 bridgehead atoms. The lowest BCUT2D eigenvalue weighted by Gasteiger charge is -2.33. The molecule has 0 atom stereocenters. The number of hydrogen-bond donors (Lipinski definition) is 4. The van der Waals surface area contributed by atoms with Crippen molar-refractivity contribution in [2.75, 3.05) is 91.8 Å². The van der Waals surface area contributed by atoms with Crippen LogP contribution in [0.3, 0.4) is 0 Å². The molecule has 1 saturated heterocycles. The zero-order valence-electron chi connectivity index (χ0n) is 17.0. The highest BCUT2D eigenvalue weighted by atomic mass is 16.3. The van der Waals surface area contributed by atoms with Gasteiger partial charge in [-0.3, -0.25) is 9.80 Å². The van der Waals surface area contributed by atoms with Gasteiger partial charge in [-0.25, -0.2) is 0 Å². The second-order valence-electron chi connectivity index (χ2n) is 8.19. The molecule has 7 heteroatoms. The van der Waals surface area contributed by atoms with Crippen LogP contribution in [0, 0.1) is 5.41 Å². The Morgan fingerprint density at radius 1 is 0.731 bits per heavy atom. The van der Waals surface area contributed by atoms with Gasteiger partial charge < -0.3 is 25.5 Å². The van der Waals surface area contributed by atoms with Crippen LogP contribution in [0.4, 0.5) is 0 Å². The first kappa shape index (κ1) is 23.8. The van der Waals surface area contributed by atoms with Crippen molar-refractivity contribution in [1.29, 1.82) is 0 Å². The SMILES string of the molecule is CC(C)(CO)CN1CCCN(CCO)CCN(CCO)CCCNCC1. The summed E-state index contributed by atoms with van der Waals surface area (Å²) in [6, 6.07) is 0. The maximum Gasteiger partial charge on any atom is 0.0558 e. The average molecular weight is 375 g/mol. The zero-order valence-corrected chi connectivity index (χ0v) is 17.0. The molecule has 0 aromatic heterocycles. The van der Waals surface area contributed by atoms with E-state index in [0.717, 1.165) is 78.3 Å². The predicted molar refractivity (Wildman–Crippen MR) is 106 cm³/mol. The van der Waals surface area contributed by atoms with Crippen LogP contribution < -0.4 is 5.32 Å². The van der Waals surface area contributed by atoms with Gasteiger partial charge in [0.25, 0.3) is 0 Å². The maximum absolute atomic E-state index is 9.58. The summed E-state index contributed by atoms with van der Waals surface area (Å²) < 4.78 is 0. The third-order valence-electron chi connectivity index (χ3n) is 5.03. The summed E-state index contributed by atoms with van der Waals surface area (Å²) in [7, 11) is 0. The molecule has 0 radical (unpaired) electrons. The summed E-state index contributed by atoms with van der Waals surface area (Å²) in [6.07, 6.45) is 2.13. The van der Waals surface area contributed by atoms with Crippen molar-refractivity contribution in [2.45, 2.75) is 26.7 Å². The third kappa shape index (κ3) is 10.8. The molecule has 7 nitrogen and oxygen atoms in total. The number of hydrogen-bond acceptors (Lipinski definition) is 7. The van der Waals surface area contributed by atoms with Crippen LogP contribution in [0.15, 0.2) is 0 Å². The quantitative estimate of drug-likeness (QED) is 0.468. The minimum Gasteiger partial charge on any atom is -0.396 e. The van der Waals surface area contributed by atoms with Gasteiger partial charge in [0.05, 0.1) is 13.2 Å². The third-order valence-corrected chi connectivity index (χ3v) is 5.03. The molecule has 1 fully saturated rings. The number of aliphatic hydroxyl groups is 3. The van der Waals surface area contributed by atoms with Crippen molar-refractivity contribution in [1.82, 2.24) is 20.0 Å². The lowest BCUT2D eigenvalue weighted by molar-refractivity contribution is 0.0969. The van der Waals surface area contributed by atoms with E-state index in [9.17, 15) is 15.3 Å². The first-order valence-electron chi connectivity index (χ1n) is 10.2. The minimum atomic E-state index is -0.0823. The van der Waals surface area contributed by atoms with Crippen molar-refractivity contribution in [2.24, 2.45) is 5.41 Å². The molecule has 0 saturated carbocycles. The highest BCUT2D eigenvalue weighted by Crippen LogP contribution is 2.16. The molecule has 4 N–H and O–H groups in total. The number of rotatable bonds is 7. The Bertz CT molecular complexity index is 345. The molecular formula is C19H42N4O3. The van der Waals surface area contributed by atoms with Gasteiger partial charge in [-0.2, -0.15) is 0 Å². The summed E-state index contributed by atoms with van der Waals surface area (Å²) in [4.78, 5) is 7.09. The Balaban J connectivity index is 2.61. The van der Waals surface area contributed by atoms with Crippen LogP contribution in [0.1, 0.15) is 26.7 Å². The Morgan fingerprint density at radius 2 is 1.31 bits per heavy atom. The zero-order chi connectivity index (χ0) is 19.3. The molecule has 1 rings (SSSR count). The van der Waals surface area contributed by atoms with Gasteiger partial charge in [-0.1, -0.05) is 13.8 Å². The molecule has 26 heavy (non-hydrogen) atoms. The van der Waals surface area contributed by atoms with E-state index in [1.165, 1.54) is 0 Å². The molecule has 0 aliphatic carbocycles. The lowest BCUT2D eigenvalue weighted by atomic mass is 9.94. The largest absolute Gasteiger partial charge is 0.396 e. The smallest absolute Gasteiger partial charge is 0.0558 e. The van der Waals surface area contributed by atoms with E-state index in [1.54, 1.807) is 0 Å². The van der Waals surface area contributed by atoms with Gasteiger partial charge in [-0.15, -0.1) is 0 Å². The molecule has 0 aromatic carbocycles. The van der Waals surface area contributed by atoms with E-state index in [4.69, 9.17) is 0 Å². The topological polar surface area (TPSA) is 82.4 Å². The van der Waals surface area contributed by atoms with Gasteiger partial charge in [0.15, 0.2) is 0 Å². The van der Waals surface area contributed by atoms with Crippen molar-refractivity contribution in [3.05, 3.63) is 0 Å². The average Bonchev–Trinajstić information content (AvgIpc) is 2.61. The van der Waals surface area contributed by atoms with E-state index in [-0.39, 0.29) is 25.2 Å². The molecule has 1 aliphatic heterocycles. The highest BCUT2D eigenvalue weighted by molar-refractivity contribution is 4.75. The Morgan fingerprint density at radius 3 is 1.88 bits per heavy atom. The monoisotopic (exact) mass is 374 g/mol. The molecule has 0 amide bonds. The molecule has 1 heterocycles. The van der Waals surface area contributed by atoms with Crippen molar-refractivity contribution >= 4 is 0 Å². The number of β-amino-alcohol motifs (C(OH)–C–C–N with tert-alkyl or cyclic N) is 2. The predicted octanol–water partition coefficient (Wildman–Crippen LogP) is -0.721. The van der Waals surface area contributed by atoms with Gasteiger partial charge in [0.2, 0.25) is 0 Å². The molecule has 0 aromatic rings. The van der Waals surface area contributed by atoms with Gasteiger partial charge in [0, 0.05) is 57.8 Å². The van der Waals surface area contributed by atoms with E-state index in [1.807, 2.05) is 0 Å². The van der Waals surface area contributed by atoms with E-state index >= 15 is 0 Å². The van der Waals surface area contributed by atoms with E-state index < -0.39 is 0 Å². The fourth-order valence-corrected chi connectivity index (χ4v) is 3.47. The van der Waals surface area contributed by atoms with Gasteiger partial charge in [0.1, 0.15) is 0 Å². The molecular weight excluding hydrogens is 332 g/mol. The summed E-state index contributed by atoms with van der Waals surface area (Å²) in [5.41, 5.74) is -0.0823. The fourth-order valence-electron chi connectivity index (χ4n) is 3.47. The normalized spacial score (nSPS) is 21.6. The van der Waals surface area contributed by atoms with Crippen LogP contribution in [0.25, 0.3) is 0 Å². The Labute approximate surface area is 160 Å². The Kier molecular flexibility index (Phi) is 12.6. The summed E-state index contributed by atoms with van der Waals surface area (Å²) in [6.45, 7) is 14.9.